The van der Waals surface area contributed by atoms with Crippen molar-refractivity contribution in [2.45, 2.75) is 31.8 Å². The van der Waals surface area contributed by atoms with Crippen LogP contribution >= 0.6 is 11.8 Å². The van der Waals surface area contributed by atoms with E-state index in [0.717, 1.165) is 21.7 Å². The van der Waals surface area contributed by atoms with Gasteiger partial charge in [0, 0.05) is 0 Å². The summed E-state index contributed by atoms with van der Waals surface area (Å²) in [5, 5.41) is 6.13. The van der Waals surface area contributed by atoms with E-state index in [1.54, 1.807) is 12.1 Å². The molecule has 0 saturated carbocycles. The standard InChI is InChI=1S/C18H21N3O2S/c1-11-5-6-12(2)15(9-11)13(3)20-17(22)18(23)21-14-7-8-16(24-4)19-10-14/h5-10,13H,1-4H3,(H,20,22)(H,21,23)/t13-/m0/s1. The molecule has 1 aromatic carbocycles. The van der Waals surface area contributed by atoms with E-state index in [2.05, 4.69) is 15.6 Å². The maximum absolute atomic E-state index is 12.1. The van der Waals surface area contributed by atoms with Crippen molar-refractivity contribution in [1.82, 2.24) is 10.3 Å². The molecule has 1 aromatic heterocycles. The van der Waals surface area contributed by atoms with Gasteiger partial charge in [-0.15, -0.1) is 11.8 Å². The molecule has 6 heteroatoms. The van der Waals surface area contributed by atoms with E-state index in [9.17, 15) is 9.59 Å². The zero-order valence-electron chi connectivity index (χ0n) is 14.2. The zero-order chi connectivity index (χ0) is 17.7. The molecule has 0 spiro atoms. The van der Waals surface area contributed by atoms with Crippen molar-refractivity contribution in [2.75, 3.05) is 11.6 Å². The van der Waals surface area contributed by atoms with Gasteiger partial charge in [0.2, 0.25) is 0 Å². The maximum Gasteiger partial charge on any atom is 0.313 e. The lowest BCUT2D eigenvalue weighted by Crippen LogP contribution is -2.37. The highest BCUT2D eigenvalue weighted by molar-refractivity contribution is 7.98. The molecule has 2 amide bonds. The highest BCUT2D eigenvalue weighted by atomic mass is 32.2. The predicted molar refractivity (Wildman–Crippen MR) is 97.1 cm³/mol. The van der Waals surface area contributed by atoms with Crippen molar-refractivity contribution in [2.24, 2.45) is 0 Å². The van der Waals surface area contributed by atoms with Gasteiger partial charge in [0.25, 0.3) is 0 Å². The second kappa shape index (κ2) is 7.97. The Hall–Kier alpha value is -2.34. The van der Waals surface area contributed by atoms with Crippen LogP contribution in [-0.2, 0) is 9.59 Å². The minimum atomic E-state index is -0.703. The van der Waals surface area contributed by atoms with E-state index >= 15 is 0 Å². The molecule has 126 valence electrons. The van der Waals surface area contributed by atoms with Crippen LogP contribution in [0.3, 0.4) is 0 Å². The Balaban J connectivity index is 2.00. The van der Waals surface area contributed by atoms with Crippen molar-refractivity contribution < 1.29 is 9.59 Å². The van der Waals surface area contributed by atoms with Crippen LogP contribution in [0, 0.1) is 13.8 Å². The molecule has 0 aliphatic rings. The molecule has 0 fully saturated rings. The lowest BCUT2D eigenvalue weighted by Gasteiger charge is -2.17. The number of benzene rings is 1. The number of hydrogen-bond donors (Lipinski definition) is 2. The zero-order valence-corrected chi connectivity index (χ0v) is 15.0. The Kier molecular flexibility index (Phi) is 5.98. The van der Waals surface area contributed by atoms with E-state index in [1.165, 1.54) is 18.0 Å². The molecule has 0 bridgehead atoms. The molecule has 0 unspecified atom stereocenters. The molecular weight excluding hydrogens is 322 g/mol. The van der Waals surface area contributed by atoms with E-state index < -0.39 is 11.8 Å². The van der Waals surface area contributed by atoms with Gasteiger partial charge in [0.15, 0.2) is 0 Å². The molecule has 0 radical (unpaired) electrons. The monoisotopic (exact) mass is 343 g/mol. The van der Waals surface area contributed by atoms with Crippen molar-refractivity contribution in [3.05, 3.63) is 53.2 Å². The second-order valence-corrected chi connectivity index (χ2v) is 6.43. The third kappa shape index (κ3) is 4.58. The van der Waals surface area contributed by atoms with Crippen molar-refractivity contribution >= 4 is 29.3 Å². The average Bonchev–Trinajstić information content (AvgIpc) is 2.57. The Morgan fingerprint density at radius 1 is 1.12 bits per heavy atom. The largest absolute Gasteiger partial charge is 0.341 e. The van der Waals surface area contributed by atoms with Crippen LogP contribution in [0.1, 0.15) is 29.7 Å². The maximum atomic E-state index is 12.1. The van der Waals surface area contributed by atoms with Crippen LogP contribution in [0.2, 0.25) is 0 Å². The minimum absolute atomic E-state index is 0.250. The lowest BCUT2D eigenvalue weighted by molar-refractivity contribution is -0.136. The normalized spacial score (nSPS) is 11.7. The summed E-state index contributed by atoms with van der Waals surface area (Å²) in [4.78, 5) is 28.3. The summed E-state index contributed by atoms with van der Waals surface area (Å²) in [5.41, 5.74) is 3.68. The number of nitrogens with one attached hydrogen (secondary N) is 2. The first-order valence-corrected chi connectivity index (χ1v) is 8.82. The third-order valence-electron chi connectivity index (χ3n) is 3.66. The second-order valence-electron chi connectivity index (χ2n) is 5.60. The number of rotatable bonds is 4. The highest BCUT2D eigenvalue weighted by Gasteiger charge is 2.18. The van der Waals surface area contributed by atoms with Gasteiger partial charge in [-0.25, -0.2) is 4.98 Å². The molecule has 0 aliphatic heterocycles. The van der Waals surface area contributed by atoms with E-state index in [-0.39, 0.29) is 6.04 Å². The molecule has 2 aromatic rings. The Bertz CT molecular complexity index is 744. The van der Waals surface area contributed by atoms with Crippen LogP contribution in [0.5, 0.6) is 0 Å². The first-order valence-electron chi connectivity index (χ1n) is 7.59. The summed E-state index contributed by atoms with van der Waals surface area (Å²) in [7, 11) is 0. The van der Waals surface area contributed by atoms with Gasteiger partial charge in [-0.1, -0.05) is 23.8 Å². The molecule has 1 heterocycles. The first kappa shape index (κ1) is 18.0. The van der Waals surface area contributed by atoms with E-state index in [0.29, 0.717) is 5.69 Å². The predicted octanol–water partition coefficient (Wildman–Crippen LogP) is 3.24. The summed E-state index contributed by atoms with van der Waals surface area (Å²) >= 11 is 1.51. The number of nitrogens with zero attached hydrogens (tertiary/aromatic N) is 1. The SMILES string of the molecule is CSc1ccc(NC(=O)C(=O)N[C@@H](C)c2cc(C)ccc2C)cn1. The number of aromatic nitrogens is 1. The van der Waals surface area contributed by atoms with Crippen LogP contribution in [0.4, 0.5) is 5.69 Å². The lowest BCUT2D eigenvalue weighted by atomic mass is 10.00. The van der Waals surface area contributed by atoms with Gasteiger partial charge in [0.05, 0.1) is 23.0 Å². The quantitative estimate of drug-likeness (QED) is 0.660. The van der Waals surface area contributed by atoms with Crippen LogP contribution in [-0.4, -0.2) is 23.1 Å². The molecular formula is C18H21N3O2S. The molecule has 1 atom stereocenters. The summed E-state index contributed by atoms with van der Waals surface area (Å²) < 4.78 is 0. The fourth-order valence-corrected chi connectivity index (χ4v) is 2.69. The summed E-state index contributed by atoms with van der Waals surface area (Å²) in [6.07, 6.45) is 3.45. The Morgan fingerprint density at radius 2 is 1.88 bits per heavy atom. The minimum Gasteiger partial charge on any atom is -0.341 e. The molecule has 24 heavy (non-hydrogen) atoms. The number of anilines is 1. The smallest absolute Gasteiger partial charge is 0.313 e. The van der Waals surface area contributed by atoms with Crippen LogP contribution in [0.15, 0.2) is 41.6 Å². The Labute approximate surface area is 146 Å². The van der Waals surface area contributed by atoms with Gasteiger partial charge in [-0.05, 0) is 50.3 Å². The van der Waals surface area contributed by atoms with Gasteiger partial charge in [-0.2, -0.15) is 0 Å². The number of aryl methyl sites for hydroxylation is 2. The molecule has 0 aliphatic carbocycles. The molecule has 2 rings (SSSR count). The molecule has 5 nitrogen and oxygen atoms in total. The number of carbonyl (C=O) groups excluding carboxylic acids is 2. The fourth-order valence-electron chi connectivity index (χ4n) is 2.33. The fraction of sp³-hybridized carbons (Fsp3) is 0.278. The Morgan fingerprint density at radius 3 is 2.50 bits per heavy atom. The van der Waals surface area contributed by atoms with E-state index in [4.69, 9.17) is 0 Å². The van der Waals surface area contributed by atoms with Gasteiger partial charge in [0.1, 0.15) is 0 Å². The summed E-state index contributed by atoms with van der Waals surface area (Å²) in [6, 6.07) is 9.30. The number of hydrogen-bond acceptors (Lipinski definition) is 4. The number of thioether (sulfide) groups is 1. The summed E-state index contributed by atoms with van der Waals surface area (Å²) in [5.74, 6) is -1.37. The molecule has 2 N–H and O–H groups in total. The van der Waals surface area contributed by atoms with Crippen molar-refractivity contribution in [1.29, 1.82) is 0 Å². The van der Waals surface area contributed by atoms with Gasteiger partial charge >= 0.3 is 11.8 Å². The van der Waals surface area contributed by atoms with Gasteiger partial charge < -0.3 is 10.6 Å². The third-order valence-corrected chi connectivity index (χ3v) is 4.32. The van der Waals surface area contributed by atoms with Crippen LogP contribution < -0.4 is 10.6 Å². The van der Waals surface area contributed by atoms with Crippen molar-refractivity contribution in [3.8, 4) is 0 Å². The van der Waals surface area contributed by atoms with E-state index in [1.807, 2.05) is 45.2 Å². The average molecular weight is 343 g/mol. The van der Waals surface area contributed by atoms with Gasteiger partial charge in [-0.3, -0.25) is 9.59 Å². The summed E-state index contributed by atoms with van der Waals surface area (Å²) in [6.45, 7) is 5.84. The van der Waals surface area contributed by atoms with Crippen molar-refractivity contribution in [3.63, 3.8) is 0 Å². The topological polar surface area (TPSA) is 71.1 Å². The number of pyridine rings is 1. The first-order chi connectivity index (χ1) is 11.4. The number of carbonyl (C=O) groups is 2. The van der Waals surface area contributed by atoms with Crippen LogP contribution in [0.25, 0.3) is 0 Å². The molecule has 0 saturated heterocycles. The highest BCUT2D eigenvalue weighted by Crippen LogP contribution is 2.19. The number of amides is 2.